The molecule has 2 N–H and O–H groups in total. The third-order valence-corrected chi connectivity index (χ3v) is 7.35. The number of carbonyl (C=O) groups is 2. The van der Waals surface area contributed by atoms with Crippen LogP contribution in [0.15, 0.2) is 58.2 Å². The lowest BCUT2D eigenvalue weighted by Crippen LogP contribution is -2.27. The molecule has 1 fully saturated rings. The maximum atomic E-state index is 12.5. The predicted octanol–water partition coefficient (Wildman–Crippen LogP) is 1.82. The fraction of sp³-hybridized carbons (Fsp3) is 0.304. The smallest absolute Gasteiger partial charge is 0.306 e. The van der Waals surface area contributed by atoms with Crippen LogP contribution in [-0.2, 0) is 30.8 Å². The molecule has 0 atom stereocenters. The van der Waals surface area contributed by atoms with Crippen molar-refractivity contribution in [3.05, 3.63) is 64.7 Å². The van der Waals surface area contributed by atoms with E-state index in [1.165, 1.54) is 28.6 Å². The van der Waals surface area contributed by atoms with Crippen LogP contribution in [0.5, 0.6) is 0 Å². The Labute approximate surface area is 196 Å². The average molecular weight is 485 g/mol. The first-order valence-electron chi connectivity index (χ1n) is 10.9. The Morgan fingerprint density at radius 2 is 1.76 bits per heavy atom. The molecular formula is C23H24N4O6S. The second-order valence-electron chi connectivity index (χ2n) is 7.87. The van der Waals surface area contributed by atoms with Gasteiger partial charge in [-0.1, -0.05) is 12.1 Å². The van der Waals surface area contributed by atoms with Gasteiger partial charge in [0.05, 0.1) is 22.2 Å². The van der Waals surface area contributed by atoms with Crippen LogP contribution in [0.25, 0.3) is 10.9 Å². The number of aryl methyl sites for hydroxylation is 1. The molecule has 0 unspecified atom stereocenters. The van der Waals surface area contributed by atoms with Gasteiger partial charge in [-0.15, -0.1) is 0 Å². The number of aromatic amines is 1. The number of carbonyl (C=O) groups excluding carboxylic acids is 2. The summed E-state index contributed by atoms with van der Waals surface area (Å²) in [6, 6.07) is 12.7. The molecule has 0 radical (unpaired) electrons. The zero-order valence-electron chi connectivity index (χ0n) is 18.3. The molecule has 0 bridgehead atoms. The van der Waals surface area contributed by atoms with Gasteiger partial charge in [0.2, 0.25) is 10.0 Å². The van der Waals surface area contributed by atoms with Crippen molar-refractivity contribution in [2.45, 2.75) is 30.6 Å². The average Bonchev–Trinajstić information content (AvgIpc) is 3.38. The summed E-state index contributed by atoms with van der Waals surface area (Å²) in [6.45, 7) is 0.534. The van der Waals surface area contributed by atoms with Crippen LogP contribution in [-0.4, -0.2) is 54.3 Å². The number of amides is 1. The molecule has 4 rings (SSSR count). The lowest BCUT2D eigenvalue weighted by atomic mass is 10.2. The second kappa shape index (κ2) is 10.1. The molecule has 1 aromatic heterocycles. The summed E-state index contributed by atoms with van der Waals surface area (Å²) in [5, 5.41) is 3.03. The van der Waals surface area contributed by atoms with Crippen molar-refractivity contribution in [3.63, 3.8) is 0 Å². The first-order valence-corrected chi connectivity index (χ1v) is 12.3. The number of anilines is 1. The number of H-pyrrole nitrogens is 1. The number of hydrogen-bond acceptors (Lipinski definition) is 7. The Morgan fingerprint density at radius 3 is 2.50 bits per heavy atom. The van der Waals surface area contributed by atoms with E-state index < -0.39 is 28.5 Å². The van der Waals surface area contributed by atoms with Gasteiger partial charge in [0.1, 0.15) is 5.82 Å². The monoisotopic (exact) mass is 484 g/mol. The zero-order valence-corrected chi connectivity index (χ0v) is 19.1. The number of rotatable bonds is 8. The van der Waals surface area contributed by atoms with Crippen molar-refractivity contribution in [3.8, 4) is 0 Å². The van der Waals surface area contributed by atoms with Crippen LogP contribution in [0.2, 0.25) is 0 Å². The summed E-state index contributed by atoms with van der Waals surface area (Å²) in [5.41, 5.74) is 0.639. The van der Waals surface area contributed by atoms with Crippen molar-refractivity contribution in [2.24, 2.45) is 0 Å². The number of benzene rings is 2. The summed E-state index contributed by atoms with van der Waals surface area (Å²) in [4.78, 5) is 43.3. The number of fused-ring (bicyclic) bond motifs is 1. The summed E-state index contributed by atoms with van der Waals surface area (Å²) < 4.78 is 31.5. The van der Waals surface area contributed by atoms with Gasteiger partial charge in [0.25, 0.3) is 11.5 Å². The lowest BCUT2D eigenvalue weighted by Gasteiger charge is -2.15. The number of hydrogen-bond donors (Lipinski definition) is 2. The summed E-state index contributed by atoms with van der Waals surface area (Å²) >= 11 is 0. The zero-order chi connectivity index (χ0) is 24.1. The molecule has 1 aliphatic rings. The third kappa shape index (κ3) is 5.49. The van der Waals surface area contributed by atoms with E-state index in [1.807, 2.05) is 0 Å². The van der Waals surface area contributed by atoms with Gasteiger partial charge < -0.3 is 15.0 Å². The van der Waals surface area contributed by atoms with Crippen molar-refractivity contribution >= 4 is 38.5 Å². The molecule has 0 saturated carbocycles. The molecule has 1 saturated heterocycles. The molecule has 34 heavy (non-hydrogen) atoms. The molecule has 11 heteroatoms. The van der Waals surface area contributed by atoms with Crippen molar-refractivity contribution in [1.82, 2.24) is 14.3 Å². The first kappa shape index (κ1) is 23.6. The largest absolute Gasteiger partial charge is 0.456 e. The van der Waals surface area contributed by atoms with E-state index in [-0.39, 0.29) is 23.3 Å². The highest BCUT2D eigenvalue weighted by Gasteiger charge is 2.26. The van der Waals surface area contributed by atoms with Gasteiger partial charge in [0.15, 0.2) is 6.61 Å². The predicted molar refractivity (Wildman–Crippen MR) is 125 cm³/mol. The quantitative estimate of drug-likeness (QED) is 0.465. The molecule has 10 nitrogen and oxygen atoms in total. The van der Waals surface area contributed by atoms with Gasteiger partial charge in [-0.05, 0) is 49.2 Å². The van der Waals surface area contributed by atoms with Crippen molar-refractivity contribution in [1.29, 1.82) is 0 Å². The molecule has 0 aliphatic carbocycles. The van der Waals surface area contributed by atoms with E-state index in [1.54, 1.807) is 24.3 Å². The summed E-state index contributed by atoms with van der Waals surface area (Å²) in [6.07, 6.45) is 1.80. The van der Waals surface area contributed by atoms with E-state index in [0.717, 1.165) is 12.8 Å². The van der Waals surface area contributed by atoms with Gasteiger partial charge in [0, 0.05) is 25.2 Å². The normalized spacial score (nSPS) is 14.2. The van der Waals surface area contributed by atoms with Crippen LogP contribution in [0, 0.1) is 0 Å². The maximum Gasteiger partial charge on any atom is 0.306 e. The fourth-order valence-corrected chi connectivity index (χ4v) is 5.19. The Balaban J connectivity index is 1.25. The standard InChI is InChI=1S/C23H24N4O6S/c28-21(24-16-7-9-17(10-8-16)34(31,32)27-13-3-4-14-27)15-33-22(29)12-11-20-25-19-6-2-1-5-18(19)23(30)26-20/h1-2,5-10H,3-4,11-15H2,(H,24,28)(H,25,26,30). The van der Waals surface area contributed by atoms with Crippen LogP contribution in [0.1, 0.15) is 25.1 Å². The van der Waals surface area contributed by atoms with Crippen LogP contribution in [0.4, 0.5) is 5.69 Å². The SMILES string of the molecule is O=C(COC(=O)CCc1nc2ccccc2c(=O)[nH]1)Nc1ccc(S(=O)(=O)N2CCCC2)cc1. The van der Waals surface area contributed by atoms with E-state index >= 15 is 0 Å². The van der Waals surface area contributed by atoms with Crippen molar-refractivity contribution in [2.75, 3.05) is 25.0 Å². The van der Waals surface area contributed by atoms with E-state index in [0.29, 0.717) is 35.5 Å². The molecular weight excluding hydrogens is 460 g/mol. The Morgan fingerprint density at radius 1 is 1.06 bits per heavy atom. The second-order valence-corrected chi connectivity index (χ2v) is 9.81. The first-order chi connectivity index (χ1) is 16.3. The Hall–Kier alpha value is -3.57. The minimum Gasteiger partial charge on any atom is -0.456 e. The maximum absolute atomic E-state index is 12.5. The molecule has 3 aromatic rings. The number of esters is 1. The fourth-order valence-electron chi connectivity index (χ4n) is 3.68. The number of nitrogens with one attached hydrogen (secondary N) is 2. The van der Waals surface area contributed by atoms with Gasteiger partial charge in [-0.2, -0.15) is 4.31 Å². The molecule has 1 amide bonds. The third-order valence-electron chi connectivity index (χ3n) is 5.43. The number of ether oxygens (including phenoxy) is 1. The van der Waals surface area contributed by atoms with Crippen LogP contribution in [0.3, 0.4) is 0 Å². The van der Waals surface area contributed by atoms with E-state index in [9.17, 15) is 22.8 Å². The van der Waals surface area contributed by atoms with Gasteiger partial charge >= 0.3 is 5.97 Å². The van der Waals surface area contributed by atoms with E-state index in [4.69, 9.17) is 4.74 Å². The molecule has 178 valence electrons. The molecule has 1 aliphatic heterocycles. The van der Waals surface area contributed by atoms with Crippen molar-refractivity contribution < 1.29 is 22.7 Å². The minimum absolute atomic E-state index is 0.0579. The molecule has 2 aromatic carbocycles. The number of sulfonamides is 1. The van der Waals surface area contributed by atoms with Gasteiger partial charge in [-0.25, -0.2) is 13.4 Å². The van der Waals surface area contributed by atoms with Crippen LogP contribution < -0.4 is 10.9 Å². The van der Waals surface area contributed by atoms with E-state index in [2.05, 4.69) is 15.3 Å². The summed E-state index contributed by atoms with van der Waals surface area (Å²) in [7, 11) is -3.53. The Bertz CT molecular complexity index is 1360. The highest BCUT2D eigenvalue weighted by atomic mass is 32.2. The minimum atomic E-state index is -3.53. The van der Waals surface area contributed by atoms with Gasteiger partial charge in [-0.3, -0.25) is 14.4 Å². The highest BCUT2D eigenvalue weighted by Crippen LogP contribution is 2.22. The van der Waals surface area contributed by atoms with Crippen LogP contribution >= 0.6 is 0 Å². The number of para-hydroxylation sites is 1. The lowest BCUT2D eigenvalue weighted by molar-refractivity contribution is -0.147. The Kier molecular flexibility index (Phi) is 7.03. The topological polar surface area (TPSA) is 139 Å². The highest BCUT2D eigenvalue weighted by molar-refractivity contribution is 7.89. The number of nitrogens with zero attached hydrogens (tertiary/aromatic N) is 2. The molecule has 2 heterocycles. The molecule has 0 spiro atoms. The summed E-state index contributed by atoms with van der Waals surface area (Å²) in [5.74, 6) is -0.812. The number of aromatic nitrogens is 2.